The minimum atomic E-state index is -4.56. The molecule has 2 N–H and O–H groups in total. The molecule has 3 atom stereocenters. The van der Waals surface area contributed by atoms with Crippen molar-refractivity contribution in [3.63, 3.8) is 0 Å². The normalized spacial score (nSPS) is 22.6. The largest absolute Gasteiger partial charge is 0.414 e. The van der Waals surface area contributed by atoms with Crippen LogP contribution >= 0.6 is 0 Å². The Morgan fingerprint density at radius 3 is 2.29 bits per heavy atom. The van der Waals surface area contributed by atoms with E-state index in [9.17, 15) is 23.1 Å². The van der Waals surface area contributed by atoms with E-state index in [2.05, 4.69) is 5.32 Å². The molecular weight excluding hydrogens is 285 g/mol. The molecule has 1 aliphatic heterocycles. The molecule has 0 bridgehead atoms. The van der Waals surface area contributed by atoms with Crippen molar-refractivity contribution < 1.29 is 23.1 Å². The maximum absolute atomic E-state index is 12.5. The molecule has 3 unspecified atom stereocenters. The van der Waals surface area contributed by atoms with Gasteiger partial charge in [0.1, 0.15) is 0 Å². The van der Waals surface area contributed by atoms with Crippen molar-refractivity contribution >= 4 is 5.91 Å². The van der Waals surface area contributed by atoms with Crippen molar-refractivity contribution in [3.05, 3.63) is 0 Å². The van der Waals surface area contributed by atoms with E-state index >= 15 is 0 Å². The van der Waals surface area contributed by atoms with E-state index in [0.29, 0.717) is 13.1 Å². The van der Waals surface area contributed by atoms with Crippen LogP contribution in [0.2, 0.25) is 0 Å². The highest BCUT2D eigenvalue weighted by atomic mass is 19.4. The van der Waals surface area contributed by atoms with Crippen LogP contribution in [-0.2, 0) is 4.79 Å². The van der Waals surface area contributed by atoms with Gasteiger partial charge in [0.15, 0.2) is 6.10 Å². The summed E-state index contributed by atoms with van der Waals surface area (Å²) in [4.78, 5) is 13.9. The van der Waals surface area contributed by atoms with Crippen molar-refractivity contribution in [2.75, 3.05) is 13.1 Å². The third kappa shape index (κ3) is 5.14. The number of hydrogen-bond donors (Lipinski definition) is 2. The van der Waals surface area contributed by atoms with E-state index in [1.54, 1.807) is 6.92 Å². The minimum Gasteiger partial charge on any atom is -0.383 e. The Balaban J connectivity index is 2.47. The lowest BCUT2D eigenvalue weighted by Crippen LogP contribution is -2.51. The van der Waals surface area contributed by atoms with Crippen LogP contribution in [0.5, 0.6) is 0 Å². The fourth-order valence-electron chi connectivity index (χ4n) is 2.52. The third-order valence-corrected chi connectivity index (χ3v) is 4.28. The first kappa shape index (κ1) is 18.2. The predicted molar refractivity (Wildman–Crippen MR) is 73.7 cm³/mol. The van der Waals surface area contributed by atoms with E-state index < -0.39 is 18.2 Å². The molecule has 1 amide bonds. The monoisotopic (exact) mass is 310 g/mol. The molecule has 4 nitrogen and oxygen atoms in total. The second kappa shape index (κ2) is 7.45. The van der Waals surface area contributed by atoms with Crippen LogP contribution in [-0.4, -0.2) is 53.4 Å². The number of carbonyl (C=O) groups excluding carboxylic acids is 1. The molecule has 7 heteroatoms. The lowest BCUT2D eigenvalue weighted by molar-refractivity contribution is -0.223. The fraction of sp³-hybridized carbons (Fsp3) is 0.929. The standard InChI is InChI=1S/C14H25F3N2O2/c1-4-9(2)18-13(21)10(3)19-7-5-11(6-8-19)12(20)14(15,16)17/h9-12,20H,4-8H2,1-3H3,(H,18,21). The first-order valence-corrected chi connectivity index (χ1v) is 7.46. The number of piperidine rings is 1. The number of halogens is 3. The van der Waals surface area contributed by atoms with Crippen LogP contribution < -0.4 is 5.32 Å². The molecule has 0 aliphatic carbocycles. The molecular formula is C14H25F3N2O2. The van der Waals surface area contributed by atoms with Crippen LogP contribution in [0, 0.1) is 5.92 Å². The number of nitrogens with one attached hydrogen (secondary N) is 1. The molecule has 21 heavy (non-hydrogen) atoms. The maximum atomic E-state index is 12.5. The van der Waals surface area contributed by atoms with Crippen molar-refractivity contribution in [1.29, 1.82) is 0 Å². The molecule has 0 aromatic rings. The highest BCUT2D eigenvalue weighted by Gasteiger charge is 2.44. The van der Waals surface area contributed by atoms with Crippen LogP contribution in [0.25, 0.3) is 0 Å². The Hall–Kier alpha value is -0.820. The third-order valence-electron chi connectivity index (χ3n) is 4.28. The van der Waals surface area contributed by atoms with Gasteiger partial charge in [0, 0.05) is 6.04 Å². The van der Waals surface area contributed by atoms with Gasteiger partial charge in [0.05, 0.1) is 6.04 Å². The zero-order valence-corrected chi connectivity index (χ0v) is 12.8. The van der Waals surface area contributed by atoms with Gasteiger partial charge < -0.3 is 10.4 Å². The Kier molecular flexibility index (Phi) is 6.46. The number of alkyl halides is 3. The smallest absolute Gasteiger partial charge is 0.383 e. The molecule has 124 valence electrons. The van der Waals surface area contributed by atoms with Crippen molar-refractivity contribution in [2.45, 2.75) is 64.4 Å². The lowest BCUT2D eigenvalue weighted by atomic mass is 9.90. The molecule has 1 heterocycles. The summed E-state index contributed by atoms with van der Waals surface area (Å²) in [6.07, 6.45) is -5.49. The topological polar surface area (TPSA) is 52.6 Å². The van der Waals surface area contributed by atoms with E-state index in [-0.39, 0.29) is 30.8 Å². The van der Waals surface area contributed by atoms with Gasteiger partial charge >= 0.3 is 6.18 Å². The Bertz CT molecular complexity index is 342. The number of nitrogens with zero attached hydrogens (tertiary/aromatic N) is 1. The summed E-state index contributed by atoms with van der Waals surface area (Å²) in [5.74, 6) is -0.870. The fourth-order valence-corrected chi connectivity index (χ4v) is 2.52. The summed E-state index contributed by atoms with van der Waals surface area (Å²) in [6, 6.07) is -0.271. The zero-order valence-electron chi connectivity index (χ0n) is 12.8. The van der Waals surface area contributed by atoms with Gasteiger partial charge in [-0.15, -0.1) is 0 Å². The Morgan fingerprint density at radius 2 is 1.86 bits per heavy atom. The van der Waals surface area contributed by atoms with E-state index in [4.69, 9.17) is 0 Å². The molecule has 0 radical (unpaired) electrons. The highest BCUT2D eigenvalue weighted by Crippen LogP contribution is 2.31. The van der Waals surface area contributed by atoms with Crippen molar-refractivity contribution in [2.24, 2.45) is 5.92 Å². The van der Waals surface area contributed by atoms with E-state index in [1.807, 2.05) is 18.7 Å². The maximum Gasteiger partial charge on any atom is 0.414 e. The highest BCUT2D eigenvalue weighted by molar-refractivity contribution is 5.81. The number of hydrogen-bond acceptors (Lipinski definition) is 3. The molecule has 1 rings (SSSR count). The van der Waals surface area contributed by atoms with Gasteiger partial charge in [-0.2, -0.15) is 13.2 Å². The minimum absolute atomic E-state index is 0.0875. The summed E-state index contributed by atoms with van der Waals surface area (Å²) >= 11 is 0. The number of amides is 1. The molecule has 0 spiro atoms. The van der Waals surface area contributed by atoms with Crippen LogP contribution in [0.1, 0.15) is 40.0 Å². The Morgan fingerprint density at radius 1 is 1.33 bits per heavy atom. The lowest BCUT2D eigenvalue weighted by Gasteiger charge is -2.37. The SMILES string of the molecule is CCC(C)NC(=O)C(C)N1CCC(C(O)C(F)(F)F)CC1. The van der Waals surface area contributed by atoms with E-state index in [0.717, 1.165) is 6.42 Å². The average molecular weight is 310 g/mol. The van der Waals surface area contributed by atoms with E-state index in [1.165, 1.54) is 0 Å². The number of aliphatic hydroxyl groups is 1. The van der Waals surface area contributed by atoms with Crippen LogP contribution in [0.4, 0.5) is 13.2 Å². The number of aliphatic hydroxyl groups excluding tert-OH is 1. The average Bonchev–Trinajstić information content (AvgIpc) is 2.44. The summed E-state index contributed by atoms with van der Waals surface area (Å²) in [6.45, 7) is 6.44. The number of rotatable bonds is 5. The van der Waals surface area contributed by atoms with Gasteiger partial charge in [0.2, 0.25) is 5.91 Å². The molecule has 0 saturated carbocycles. The van der Waals surface area contributed by atoms with Gasteiger partial charge in [-0.1, -0.05) is 6.92 Å². The second-order valence-corrected chi connectivity index (χ2v) is 5.85. The second-order valence-electron chi connectivity index (χ2n) is 5.85. The zero-order chi connectivity index (χ0) is 16.2. The molecule has 0 aromatic heterocycles. The van der Waals surface area contributed by atoms with Crippen molar-refractivity contribution in [3.8, 4) is 0 Å². The molecule has 0 aromatic carbocycles. The predicted octanol–water partition coefficient (Wildman–Crippen LogP) is 1.92. The number of carbonyl (C=O) groups is 1. The number of likely N-dealkylation sites (tertiary alicyclic amines) is 1. The van der Waals surface area contributed by atoms with Gasteiger partial charge in [-0.3, -0.25) is 9.69 Å². The quantitative estimate of drug-likeness (QED) is 0.816. The first-order chi connectivity index (χ1) is 9.66. The summed E-state index contributed by atoms with van der Waals surface area (Å²) < 4.78 is 37.4. The van der Waals surface area contributed by atoms with Crippen LogP contribution in [0.3, 0.4) is 0 Å². The van der Waals surface area contributed by atoms with Gasteiger partial charge in [-0.25, -0.2) is 0 Å². The summed E-state index contributed by atoms with van der Waals surface area (Å²) in [5.41, 5.74) is 0. The van der Waals surface area contributed by atoms with Crippen LogP contribution in [0.15, 0.2) is 0 Å². The summed E-state index contributed by atoms with van der Waals surface area (Å²) in [5, 5.41) is 12.1. The molecule has 1 aliphatic rings. The van der Waals surface area contributed by atoms with Gasteiger partial charge in [-0.05, 0) is 52.1 Å². The van der Waals surface area contributed by atoms with Gasteiger partial charge in [0.25, 0.3) is 0 Å². The van der Waals surface area contributed by atoms with Crippen molar-refractivity contribution in [1.82, 2.24) is 10.2 Å². The Labute approximate surface area is 123 Å². The first-order valence-electron chi connectivity index (χ1n) is 7.46. The molecule has 1 fully saturated rings. The molecule has 1 saturated heterocycles. The summed E-state index contributed by atoms with van der Waals surface area (Å²) in [7, 11) is 0.